The number of benzene rings is 1. The second-order valence-corrected chi connectivity index (χ2v) is 3.16. The fourth-order valence-electron chi connectivity index (χ4n) is 1.12. The summed E-state index contributed by atoms with van der Waals surface area (Å²) in [6, 6.07) is 1.17. The van der Waals surface area contributed by atoms with Crippen molar-refractivity contribution in [3.63, 3.8) is 0 Å². The molecule has 0 spiro atoms. The smallest absolute Gasteiger partial charge is 0.307 e. The number of hydrogen-bond donors (Lipinski definition) is 1. The molecule has 5 nitrogen and oxygen atoms in total. The number of nitrogens with two attached hydrogens (primary N) is 1. The van der Waals surface area contributed by atoms with E-state index in [9.17, 15) is 23.7 Å². The van der Waals surface area contributed by atoms with Crippen LogP contribution in [0.4, 0.5) is 14.5 Å². The molecule has 0 bridgehead atoms. The van der Waals surface area contributed by atoms with Crippen LogP contribution in [0.3, 0.4) is 0 Å². The van der Waals surface area contributed by atoms with E-state index in [2.05, 4.69) is 0 Å². The van der Waals surface area contributed by atoms with Gasteiger partial charge < -0.3 is 5.73 Å². The maximum Gasteiger partial charge on any atom is 0.307 e. The van der Waals surface area contributed by atoms with Gasteiger partial charge in [-0.05, 0) is 6.07 Å². The largest absolute Gasteiger partial charge is 0.369 e. The van der Waals surface area contributed by atoms with Gasteiger partial charge in [0.05, 0.1) is 11.0 Å². The van der Waals surface area contributed by atoms with Crippen LogP contribution >= 0.6 is 0 Å². The SMILES string of the molecule is NC(=O)CC=Cc1cc(F)c([N+](=O)[O-])cc1F. The lowest BCUT2D eigenvalue weighted by atomic mass is 10.1. The molecule has 1 aromatic rings. The summed E-state index contributed by atoms with van der Waals surface area (Å²) in [5.41, 5.74) is 3.72. The molecule has 17 heavy (non-hydrogen) atoms. The average molecular weight is 242 g/mol. The highest BCUT2D eigenvalue weighted by atomic mass is 19.1. The molecule has 0 atom stereocenters. The van der Waals surface area contributed by atoms with E-state index >= 15 is 0 Å². The third-order valence-corrected chi connectivity index (χ3v) is 1.88. The first-order chi connectivity index (χ1) is 7.91. The maximum absolute atomic E-state index is 13.3. The molecule has 1 amide bonds. The fraction of sp³-hybridized carbons (Fsp3) is 0.100. The molecular formula is C10H8F2N2O3. The van der Waals surface area contributed by atoms with Crippen molar-refractivity contribution in [3.8, 4) is 0 Å². The first-order valence-electron chi connectivity index (χ1n) is 4.50. The van der Waals surface area contributed by atoms with Crippen molar-refractivity contribution < 1.29 is 18.5 Å². The minimum absolute atomic E-state index is 0.127. The van der Waals surface area contributed by atoms with E-state index < -0.39 is 28.2 Å². The third-order valence-electron chi connectivity index (χ3n) is 1.88. The van der Waals surface area contributed by atoms with Gasteiger partial charge in [0, 0.05) is 12.0 Å². The number of nitrogens with zero attached hydrogens (tertiary/aromatic N) is 1. The van der Waals surface area contributed by atoms with E-state index in [1.54, 1.807) is 0 Å². The number of nitro benzene ring substituents is 1. The van der Waals surface area contributed by atoms with Gasteiger partial charge in [-0.15, -0.1) is 0 Å². The zero-order chi connectivity index (χ0) is 13.0. The van der Waals surface area contributed by atoms with Crippen LogP contribution in [0.5, 0.6) is 0 Å². The van der Waals surface area contributed by atoms with Gasteiger partial charge in [-0.3, -0.25) is 14.9 Å². The molecule has 2 N–H and O–H groups in total. The summed E-state index contributed by atoms with van der Waals surface area (Å²) < 4.78 is 26.4. The standard InChI is InChI=1S/C10H8F2N2O3/c11-7-5-9(14(16)17)8(12)4-6(7)2-1-3-10(13)15/h1-2,4-5H,3H2,(H2,13,15). The van der Waals surface area contributed by atoms with E-state index in [0.717, 1.165) is 6.08 Å². The minimum Gasteiger partial charge on any atom is -0.369 e. The van der Waals surface area contributed by atoms with Crippen LogP contribution in [0.25, 0.3) is 6.08 Å². The molecule has 0 aromatic heterocycles. The van der Waals surface area contributed by atoms with Crippen molar-refractivity contribution >= 4 is 17.7 Å². The number of hydrogen-bond acceptors (Lipinski definition) is 3. The van der Waals surface area contributed by atoms with E-state index in [1.807, 2.05) is 0 Å². The van der Waals surface area contributed by atoms with Gasteiger partial charge in [0.1, 0.15) is 5.82 Å². The van der Waals surface area contributed by atoms with Gasteiger partial charge >= 0.3 is 5.69 Å². The van der Waals surface area contributed by atoms with Gasteiger partial charge in [-0.25, -0.2) is 4.39 Å². The second-order valence-electron chi connectivity index (χ2n) is 3.16. The summed E-state index contributed by atoms with van der Waals surface area (Å²) in [5.74, 6) is -2.71. The molecule has 1 rings (SSSR count). The molecule has 0 radical (unpaired) electrons. The van der Waals surface area contributed by atoms with Crippen LogP contribution in [0, 0.1) is 21.7 Å². The van der Waals surface area contributed by atoms with E-state index in [0.29, 0.717) is 12.1 Å². The average Bonchev–Trinajstić information content (AvgIpc) is 2.21. The zero-order valence-electron chi connectivity index (χ0n) is 8.52. The Balaban J connectivity index is 3.03. The van der Waals surface area contributed by atoms with Crippen LogP contribution in [0.2, 0.25) is 0 Å². The molecule has 0 aliphatic rings. The van der Waals surface area contributed by atoms with Crippen LogP contribution in [0.1, 0.15) is 12.0 Å². The first-order valence-corrected chi connectivity index (χ1v) is 4.50. The Morgan fingerprint density at radius 2 is 2.06 bits per heavy atom. The van der Waals surface area contributed by atoms with Crippen molar-refractivity contribution in [2.24, 2.45) is 5.73 Å². The van der Waals surface area contributed by atoms with Crippen molar-refractivity contribution in [1.82, 2.24) is 0 Å². The van der Waals surface area contributed by atoms with Crippen molar-refractivity contribution in [1.29, 1.82) is 0 Å². The van der Waals surface area contributed by atoms with Gasteiger partial charge in [-0.1, -0.05) is 12.2 Å². The van der Waals surface area contributed by atoms with Crippen molar-refractivity contribution in [2.75, 3.05) is 0 Å². The molecule has 90 valence electrons. The summed E-state index contributed by atoms with van der Waals surface area (Å²) in [7, 11) is 0. The highest BCUT2D eigenvalue weighted by Crippen LogP contribution is 2.22. The molecular weight excluding hydrogens is 234 g/mol. The summed E-state index contributed by atoms with van der Waals surface area (Å²) in [4.78, 5) is 19.7. The monoisotopic (exact) mass is 242 g/mol. The van der Waals surface area contributed by atoms with E-state index in [4.69, 9.17) is 5.73 Å². The van der Waals surface area contributed by atoms with Crippen LogP contribution in [0.15, 0.2) is 18.2 Å². The molecule has 0 aliphatic heterocycles. The van der Waals surface area contributed by atoms with Crippen LogP contribution < -0.4 is 5.73 Å². The Hall–Kier alpha value is -2.31. The fourth-order valence-corrected chi connectivity index (χ4v) is 1.12. The highest BCUT2D eigenvalue weighted by Gasteiger charge is 2.17. The minimum atomic E-state index is -1.14. The maximum atomic E-state index is 13.3. The lowest BCUT2D eigenvalue weighted by molar-refractivity contribution is -0.387. The predicted molar refractivity (Wildman–Crippen MR) is 55.9 cm³/mol. The summed E-state index contributed by atoms with van der Waals surface area (Å²) in [5, 5.41) is 10.3. The molecule has 0 saturated carbocycles. The molecule has 0 saturated heterocycles. The normalized spacial score (nSPS) is 10.7. The Morgan fingerprint density at radius 1 is 1.41 bits per heavy atom. The Bertz CT molecular complexity index is 501. The Kier molecular flexibility index (Phi) is 3.86. The highest BCUT2D eigenvalue weighted by molar-refractivity contribution is 5.76. The summed E-state index contributed by atoms with van der Waals surface area (Å²) in [6.45, 7) is 0. The number of halogens is 2. The van der Waals surface area contributed by atoms with Gasteiger partial charge in [0.25, 0.3) is 0 Å². The molecule has 0 heterocycles. The Labute approximate surface area is 94.7 Å². The third kappa shape index (κ3) is 3.33. The number of carbonyl (C=O) groups excluding carboxylic acids is 1. The number of rotatable bonds is 4. The molecule has 0 fully saturated rings. The number of nitro groups is 1. The van der Waals surface area contributed by atoms with Crippen LogP contribution in [-0.4, -0.2) is 10.8 Å². The molecule has 1 aromatic carbocycles. The zero-order valence-corrected chi connectivity index (χ0v) is 8.52. The second kappa shape index (κ2) is 5.15. The number of carbonyl (C=O) groups is 1. The number of amides is 1. The molecule has 7 heteroatoms. The first kappa shape index (κ1) is 12.8. The van der Waals surface area contributed by atoms with Crippen LogP contribution in [-0.2, 0) is 4.79 Å². The van der Waals surface area contributed by atoms with Crippen molar-refractivity contribution in [2.45, 2.75) is 6.42 Å². The topological polar surface area (TPSA) is 86.2 Å². The van der Waals surface area contributed by atoms with E-state index in [-0.39, 0.29) is 12.0 Å². The van der Waals surface area contributed by atoms with Gasteiger partial charge in [0.15, 0.2) is 0 Å². The van der Waals surface area contributed by atoms with Gasteiger partial charge in [-0.2, -0.15) is 4.39 Å². The lowest BCUT2D eigenvalue weighted by Gasteiger charge is -1.98. The molecule has 0 aliphatic carbocycles. The quantitative estimate of drug-likeness (QED) is 0.644. The van der Waals surface area contributed by atoms with E-state index in [1.165, 1.54) is 6.08 Å². The van der Waals surface area contributed by atoms with Crippen molar-refractivity contribution in [3.05, 3.63) is 45.5 Å². The summed E-state index contributed by atoms with van der Waals surface area (Å²) in [6.07, 6.45) is 2.25. The summed E-state index contributed by atoms with van der Waals surface area (Å²) >= 11 is 0. The lowest BCUT2D eigenvalue weighted by Crippen LogP contribution is -2.07. The number of primary amides is 1. The Morgan fingerprint density at radius 3 is 2.59 bits per heavy atom. The molecule has 0 unspecified atom stereocenters. The predicted octanol–water partition coefficient (Wildman–Crippen LogP) is 1.76. The van der Waals surface area contributed by atoms with Gasteiger partial charge in [0.2, 0.25) is 11.7 Å².